The van der Waals surface area contributed by atoms with Gasteiger partial charge >= 0.3 is 6.03 Å². The van der Waals surface area contributed by atoms with Crippen LogP contribution in [0.15, 0.2) is 29.1 Å². The third-order valence-electron chi connectivity index (χ3n) is 3.28. The van der Waals surface area contributed by atoms with Crippen LogP contribution in [0.4, 0.5) is 10.5 Å². The number of fused-ring (bicyclic) bond motifs is 1. The molecule has 0 aliphatic heterocycles. The standard InChI is InChI=1S/C15H19N3O2/c1-4-10(3)16-15(20)17-12-6-5-11-7-9(2)14(19)18-13(11)8-12/h5-8,10H,4H2,1-3H3,(H,18,19)(H2,16,17,20). The summed E-state index contributed by atoms with van der Waals surface area (Å²) in [4.78, 5) is 26.1. The van der Waals surface area contributed by atoms with Crippen LogP contribution in [0.2, 0.25) is 0 Å². The molecule has 1 atom stereocenters. The molecule has 0 saturated carbocycles. The third-order valence-corrected chi connectivity index (χ3v) is 3.28. The second-order valence-electron chi connectivity index (χ2n) is 4.99. The van der Waals surface area contributed by atoms with Crippen molar-refractivity contribution < 1.29 is 4.79 Å². The van der Waals surface area contributed by atoms with Crippen LogP contribution in [-0.2, 0) is 0 Å². The van der Waals surface area contributed by atoms with Crippen LogP contribution in [0.5, 0.6) is 0 Å². The van der Waals surface area contributed by atoms with Gasteiger partial charge in [-0.1, -0.05) is 13.0 Å². The van der Waals surface area contributed by atoms with Crippen molar-refractivity contribution >= 4 is 22.6 Å². The molecule has 1 aromatic heterocycles. The van der Waals surface area contributed by atoms with Gasteiger partial charge in [-0.25, -0.2) is 4.79 Å². The van der Waals surface area contributed by atoms with Crippen LogP contribution < -0.4 is 16.2 Å². The highest BCUT2D eigenvalue weighted by atomic mass is 16.2. The summed E-state index contributed by atoms with van der Waals surface area (Å²) in [6.07, 6.45) is 0.873. The number of aromatic nitrogens is 1. The van der Waals surface area contributed by atoms with E-state index >= 15 is 0 Å². The molecule has 0 radical (unpaired) electrons. The zero-order chi connectivity index (χ0) is 14.7. The summed E-state index contributed by atoms with van der Waals surface area (Å²) in [5, 5.41) is 6.53. The molecule has 2 amide bonds. The molecule has 0 bridgehead atoms. The van der Waals surface area contributed by atoms with E-state index < -0.39 is 0 Å². The minimum Gasteiger partial charge on any atom is -0.335 e. The first kappa shape index (κ1) is 14.1. The van der Waals surface area contributed by atoms with E-state index in [-0.39, 0.29) is 17.6 Å². The van der Waals surface area contributed by atoms with Crippen molar-refractivity contribution in [3.05, 3.63) is 40.2 Å². The fourth-order valence-corrected chi connectivity index (χ4v) is 1.88. The summed E-state index contributed by atoms with van der Waals surface area (Å²) in [7, 11) is 0. The molecule has 1 heterocycles. The SMILES string of the molecule is CCC(C)NC(=O)Nc1ccc2cc(C)c(=O)[nH]c2c1. The van der Waals surface area contributed by atoms with Crippen molar-refractivity contribution in [1.29, 1.82) is 0 Å². The van der Waals surface area contributed by atoms with Crippen molar-refractivity contribution in [2.45, 2.75) is 33.2 Å². The van der Waals surface area contributed by atoms with Crippen LogP contribution in [-0.4, -0.2) is 17.1 Å². The van der Waals surface area contributed by atoms with E-state index in [0.29, 0.717) is 16.8 Å². The number of amides is 2. The largest absolute Gasteiger partial charge is 0.335 e. The van der Waals surface area contributed by atoms with E-state index in [1.165, 1.54) is 0 Å². The topological polar surface area (TPSA) is 74.0 Å². The maximum atomic E-state index is 11.7. The first-order valence-corrected chi connectivity index (χ1v) is 6.71. The van der Waals surface area contributed by atoms with Gasteiger partial charge in [0.2, 0.25) is 0 Å². The molecule has 0 fully saturated rings. The molecule has 3 N–H and O–H groups in total. The quantitative estimate of drug-likeness (QED) is 0.804. The number of hydrogen-bond acceptors (Lipinski definition) is 2. The van der Waals surface area contributed by atoms with Crippen LogP contribution in [0.3, 0.4) is 0 Å². The number of aryl methyl sites for hydroxylation is 1. The summed E-state index contributed by atoms with van der Waals surface area (Å²) >= 11 is 0. The molecule has 0 aliphatic carbocycles. The highest BCUT2D eigenvalue weighted by molar-refractivity contribution is 5.92. The summed E-state index contributed by atoms with van der Waals surface area (Å²) in [5.41, 5.74) is 1.92. The molecule has 20 heavy (non-hydrogen) atoms. The number of aromatic amines is 1. The molecular weight excluding hydrogens is 254 g/mol. The summed E-state index contributed by atoms with van der Waals surface area (Å²) in [6.45, 7) is 5.72. The third kappa shape index (κ3) is 3.17. The zero-order valence-corrected chi connectivity index (χ0v) is 11.9. The molecule has 1 aromatic carbocycles. The number of H-pyrrole nitrogens is 1. The fraction of sp³-hybridized carbons (Fsp3) is 0.333. The number of benzene rings is 1. The van der Waals surface area contributed by atoms with Crippen molar-refractivity contribution in [3.63, 3.8) is 0 Å². The fourth-order valence-electron chi connectivity index (χ4n) is 1.88. The van der Waals surface area contributed by atoms with E-state index in [1.807, 2.05) is 32.0 Å². The average Bonchev–Trinajstić information content (AvgIpc) is 2.40. The van der Waals surface area contributed by atoms with Crippen LogP contribution >= 0.6 is 0 Å². The Labute approximate surface area is 117 Å². The average molecular weight is 273 g/mol. The number of hydrogen-bond donors (Lipinski definition) is 3. The Balaban J connectivity index is 2.22. The summed E-state index contributed by atoms with van der Waals surface area (Å²) in [5.74, 6) is 0. The van der Waals surface area contributed by atoms with Gasteiger partial charge in [0.05, 0.1) is 5.52 Å². The van der Waals surface area contributed by atoms with Crippen molar-refractivity contribution in [1.82, 2.24) is 10.3 Å². The van der Waals surface area contributed by atoms with Crippen molar-refractivity contribution in [2.24, 2.45) is 0 Å². The molecule has 0 spiro atoms. The van der Waals surface area contributed by atoms with Crippen molar-refractivity contribution in [3.8, 4) is 0 Å². The predicted octanol–water partition coefficient (Wildman–Crippen LogP) is 2.76. The van der Waals surface area contributed by atoms with Gasteiger partial charge in [0.25, 0.3) is 5.56 Å². The lowest BCUT2D eigenvalue weighted by Gasteiger charge is -2.12. The Bertz CT molecular complexity index is 691. The molecule has 2 aromatic rings. The minimum atomic E-state index is -0.242. The monoisotopic (exact) mass is 273 g/mol. The van der Waals surface area contributed by atoms with Crippen LogP contribution in [0.25, 0.3) is 10.9 Å². The summed E-state index contributed by atoms with van der Waals surface area (Å²) in [6, 6.07) is 7.16. The molecule has 0 saturated heterocycles. The van der Waals surface area contributed by atoms with E-state index in [9.17, 15) is 9.59 Å². The maximum absolute atomic E-state index is 11.7. The Morgan fingerprint density at radius 1 is 1.35 bits per heavy atom. The Hall–Kier alpha value is -2.30. The number of carbonyl (C=O) groups excluding carboxylic acids is 1. The van der Waals surface area contributed by atoms with Crippen LogP contribution in [0.1, 0.15) is 25.8 Å². The molecule has 1 unspecified atom stereocenters. The van der Waals surface area contributed by atoms with Gasteiger partial charge in [-0.05, 0) is 43.9 Å². The molecule has 2 rings (SSSR count). The predicted molar refractivity (Wildman–Crippen MR) is 81.2 cm³/mol. The van der Waals surface area contributed by atoms with Gasteiger partial charge in [-0.2, -0.15) is 0 Å². The number of anilines is 1. The molecule has 5 heteroatoms. The number of carbonyl (C=O) groups is 1. The van der Waals surface area contributed by atoms with Crippen LogP contribution in [0, 0.1) is 6.92 Å². The van der Waals surface area contributed by atoms with E-state index in [0.717, 1.165) is 11.8 Å². The Kier molecular flexibility index (Phi) is 4.08. The number of urea groups is 1. The van der Waals surface area contributed by atoms with E-state index in [1.54, 1.807) is 13.0 Å². The first-order chi connectivity index (χ1) is 9.49. The summed E-state index contributed by atoms with van der Waals surface area (Å²) < 4.78 is 0. The molecule has 0 aliphatic rings. The van der Waals surface area contributed by atoms with Gasteiger partial charge in [0.1, 0.15) is 0 Å². The van der Waals surface area contributed by atoms with Gasteiger partial charge in [0, 0.05) is 17.3 Å². The number of pyridine rings is 1. The molecular formula is C15H19N3O2. The highest BCUT2D eigenvalue weighted by Gasteiger charge is 2.06. The van der Waals surface area contributed by atoms with Crippen molar-refractivity contribution in [2.75, 3.05) is 5.32 Å². The Morgan fingerprint density at radius 3 is 2.80 bits per heavy atom. The second-order valence-corrected chi connectivity index (χ2v) is 4.99. The lowest BCUT2D eigenvalue weighted by Crippen LogP contribution is -2.35. The van der Waals surface area contributed by atoms with E-state index in [4.69, 9.17) is 0 Å². The smallest absolute Gasteiger partial charge is 0.319 e. The van der Waals surface area contributed by atoms with Gasteiger partial charge in [-0.3, -0.25) is 4.79 Å². The van der Waals surface area contributed by atoms with E-state index in [2.05, 4.69) is 15.6 Å². The van der Waals surface area contributed by atoms with Gasteiger partial charge in [-0.15, -0.1) is 0 Å². The normalized spacial score (nSPS) is 12.2. The maximum Gasteiger partial charge on any atom is 0.319 e. The number of rotatable bonds is 3. The zero-order valence-electron chi connectivity index (χ0n) is 11.9. The molecule has 5 nitrogen and oxygen atoms in total. The van der Waals surface area contributed by atoms with Gasteiger partial charge < -0.3 is 15.6 Å². The minimum absolute atomic E-state index is 0.112. The first-order valence-electron chi connectivity index (χ1n) is 6.71. The lowest BCUT2D eigenvalue weighted by molar-refractivity contribution is 0.249. The molecule has 106 valence electrons. The Morgan fingerprint density at radius 2 is 2.10 bits per heavy atom. The number of nitrogens with one attached hydrogen (secondary N) is 3. The highest BCUT2D eigenvalue weighted by Crippen LogP contribution is 2.16. The second kappa shape index (κ2) is 5.77. The lowest BCUT2D eigenvalue weighted by atomic mass is 10.1. The van der Waals surface area contributed by atoms with Gasteiger partial charge in [0.15, 0.2) is 0 Å².